The molecule has 0 aliphatic heterocycles. The number of nitrogens with one attached hydrogen (secondary N) is 2. The predicted octanol–water partition coefficient (Wildman–Crippen LogP) is 1.69. The molecule has 0 unspecified atom stereocenters. The minimum absolute atomic E-state index is 0.0609. The molecule has 1 saturated carbocycles. The third-order valence-corrected chi connectivity index (χ3v) is 4.39. The van der Waals surface area contributed by atoms with Crippen molar-refractivity contribution in [1.29, 1.82) is 0 Å². The van der Waals surface area contributed by atoms with E-state index >= 15 is 0 Å². The van der Waals surface area contributed by atoms with Crippen molar-refractivity contribution in [1.82, 2.24) is 25.1 Å². The molecule has 1 atom stereocenters. The van der Waals surface area contributed by atoms with Gasteiger partial charge in [0, 0.05) is 6.42 Å². The van der Waals surface area contributed by atoms with Gasteiger partial charge in [0.1, 0.15) is 18.7 Å². The number of hydrogen-bond acceptors (Lipinski definition) is 5. The summed E-state index contributed by atoms with van der Waals surface area (Å²) in [6.45, 7) is 1.68. The van der Waals surface area contributed by atoms with Crippen molar-refractivity contribution in [3.63, 3.8) is 0 Å². The molecule has 132 valence electrons. The smallest absolute Gasteiger partial charge is 0.246 e. The molecule has 0 bridgehead atoms. The van der Waals surface area contributed by atoms with E-state index in [0.717, 1.165) is 12.8 Å². The first-order chi connectivity index (χ1) is 12.1. The van der Waals surface area contributed by atoms with Gasteiger partial charge in [-0.2, -0.15) is 5.10 Å². The second-order valence-electron chi connectivity index (χ2n) is 6.38. The summed E-state index contributed by atoms with van der Waals surface area (Å²) < 4.78 is 1.53. The molecular weight excluding hydrogens is 320 g/mol. The molecule has 0 aromatic carbocycles. The standard InChI is InChI=1S/C17H22N6O2/c1-12(21-16(24)8-13-4-2-3-5-13)17(25)22-14-6-7-15(19-9-14)23-11-18-10-20-23/h6-7,9-13H,2-5,8H2,1H3,(H,21,24)(H,22,25)/t12-/m1/s1. The van der Waals surface area contributed by atoms with Crippen LogP contribution in [0.25, 0.3) is 5.82 Å². The number of pyridine rings is 1. The summed E-state index contributed by atoms with van der Waals surface area (Å²) in [5.74, 6) is 0.737. The third-order valence-electron chi connectivity index (χ3n) is 4.39. The van der Waals surface area contributed by atoms with Gasteiger partial charge in [-0.3, -0.25) is 9.59 Å². The lowest BCUT2D eigenvalue weighted by Gasteiger charge is -2.15. The van der Waals surface area contributed by atoms with Gasteiger partial charge in [0.05, 0.1) is 11.9 Å². The average molecular weight is 342 g/mol. The highest BCUT2D eigenvalue weighted by molar-refractivity contribution is 5.96. The Kier molecular flexibility index (Phi) is 5.37. The van der Waals surface area contributed by atoms with Crippen molar-refractivity contribution in [2.24, 2.45) is 5.92 Å². The lowest BCUT2D eigenvalue weighted by atomic mass is 10.0. The zero-order chi connectivity index (χ0) is 17.6. The number of aromatic nitrogens is 4. The summed E-state index contributed by atoms with van der Waals surface area (Å²) in [7, 11) is 0. The fourth-order valence-electron chi connectivity index (χ4n) is 3.02. The predicted molar refractivity (Wildman–Crippen MR) is 92.0 cm³/mol. The van der Waals surface area contributed by atoms with Gasteiger partial charge in [0.15, 0.2) is 5.82 Å². The van der Waals surface area contributed by atoms with Crippen LogP contribution in [0, 0.1) is 5.92 Å². The van der Waals surface area contributed by atoms with Gasteiger partial charge in [-0.05, 0) is 37.8 Å². The molecule has 8 nitrogen and oxygen atoms in total. The summed E-state index contributed by atoms with van der Waals surface area (Å²) in [4.78, 5) is 32.3. The molecule has 2 N–H and O–H groups in total. The number of carbonyl (C=O) groups excluding carboxylic acids is 2. The highest BCUT2D eigenvalue weighted by Gasteiger charge is 2.21. The van der Waals surface area contributed by atoms with E-state index in [9.17, 15) is 9.59 Å². The molecule has 1 aliphatic carbocycles. The summed E-state index contributed by atoms with van der Waals surface area (Å²) in [6.07, 6.45) is 9.64. The molecule has 0 spiro atoms. The van der Waals surface area contributed by atoms with E-state index in [4.69, 9.17) is 0 Å². The second-order valence-corrected chi connectivity index (χ2v) is 6.38. The van der Waals surface area contributed by atoms with Crippen LogP contribution in [0.4, 0.5) is 5.69 Å². The second kappa shape index (κ2) is 7.87. The van der Waals surface area contributed by atoms with Crippen LogP contribution in [-0.2, 0) is 9.59 Å². The Morgan fingerprint density at radius 3 is 2.76 bits per heavy atom. The zero-order valence-corrected chi connectivity index (χ0v) is 14.2. The van der Waals surface area contributed by atoms with E-state index in [2.05, 4.69) is 25.7 Å². The number of anilines is 1. The maximum Gasteiger partial charge on any atom is 0.246 e. The van der Waals surface area contributed by atoms with Crippen LogP contribution in [0.15, 0.2) is 31.0 Å². The number of hydrogen-bond donors (Lipinski definition) is 2. The maximum absolute atomic E-state index is 12.2. The van der Waals surface area contributed by atoms with Crippen molar-refractivity contribution < 1.29 is 9.59 Å². The molecule has 0 radical (unpaired) electrons. The monoisotopic (exact) mass is 342 g/mol. The first kappa shape index (κ1) is 17.1. The fraction of sp³-hybridized carbons (Fsp3) is 0.471. The molecular formula is C17H22N6O2. The Morgan fingerprint density at radius 2 is 2.12 bits per heavy atom. The molecule has 3 rings (SSSR count). The highest BCUT2D eigenvalue weighted by atomic mass is 16.2. The topological polar surface area (TPSA) is 102 Å². The van der Waals surface area contributed by atoms with Crippen LogP contribution in [-0.4, -0.2) is 37.6 Å². The largest absolute Gasteiger partial charge is 0.345 e. The Bertz CT molecular complexity index is 707. The number of carbonyl (C=O) groups is 2. The van der Waals surface area contributed by atoms with E-state index in [1.807, 2.05) is 0 Å². The lowest BCUT2D eigenvalue weighted by molar-refractivity contribution is -0.126. The van der Waals surface area contributed by atoms with Gasteiger partial charge in [0.2, 0.25) is 11.8 Å². The van der Waals surface area contributed by atoms with Crippen molar-refractivity contribution in [3.8, 4) is 5.82 Å². The van der Waals surface area contributed by atoms with Gasteiger partial charge >= 0.3 is 0 Å². The van der Waals surface area contributed by atoms with Crippen LogP contribution < -0.4 is 10.6 Å². The van der Waals surface area contributed by atoms with Crippen molar-refractivity contribution in [2.45, 2.75) is 45.1 Å². The normalized spacial score (nSPS) is 15.7. The highest BCUT2D eigenvalue weighted by Crippen LogP contribution is 2.27. The van der Waals surface area contributed by atoms with E-state index in [1.165, 1.54) is 23.9 Å². The molecule has 1 aliphatic rings. The first-order valence-electron chi connectivity index (χ1n) is 8.53. The van der Waals surface area contributed by atoms with E-state index in [1.54, 1.807) is 31.6 Å². The summed E-state index contributed by atoms with van der Waals surface area (Å²) in [6, 6.07) is 2.87. The van der Waals surface area contributed by atoms with Crippen LogP contribution >= 0.6 is 0 Å². The molecule has 1 fully saturated rings. The van der Waals surface area contributed by atoms with E-state index in [0.29, 0.717) is 23.8 Å². The molecule has 2 amide bonds. The van der Waals surface area contributed by atoms with Gasteiger partial charge in [-0.25, -0.2) is 14.6 Å². The van der Waals surface area contributed by atoms with Crippen LogP contribution in [0.1, 0.15) is 39.0 Å². The van der Waals surface area contributed by atoms with Gasteiger partial charge in [-0.1, -0.05) is 12.8 Å². The van der Waals surface area contributed by atoms with E-state index < -0.39 is 6.04 Å². The molecule has 2 aromatic heterocycles. The molecule has 8 heteroatoms. The Labute approximate surface area is 146 Å². The van der Waals surface area contributed by atoms with Crippen molar-refractivity contribution in [3.05, 3.63) is 31.0 Å². The minimum atomic E-state index is -0.594. The van der Waals surface area contributed by atoms with Crippen molar-refractivity contribution >= 4 is 17.5 Å². The summed E-state index contributed by atoms with van der Waals surface area (Å²) >= 11 is 0. The molecule has 2 aromatic rings. The van der Waals surface area contributed by atoms with Crippen LogP contribution in [0.5, 0.6) is 0 Å². The quantitative estimate of drug-likeness (QED) is 0.832. The summed E-state index contributed by atoms with van der Waals surface area (Å²) in [5, 5.41) is 9.51. The fourth-order valence-corrected chi connectivity index (χ4v) is 3.02. The molecule has 2 heterocycles. The third kappa shape index (κ3) is 4.62. The van der Waals surface area contributed by atoms with Crippen molar-refractivity contribution in [2.75, 3.05) is 5.32 Å². The average Bonchev–Trinajstić information content (AvgIpc) is 3.29. The number of amides is 2. The minimum Gasteiger partial charge on any atom is -0.345 e. The zero-order valence-electron chi connectivity index (χ0n) is 14.2. The maximum atomic E-state index is 12.2. The summed E-state index contributed by atoms with van der Waals surface area (Å²) in [5.41, 5.74) is 0.561. The van der Waals surface area contributed by atoms with Gasteiger partial charge < -0.3 is 10.6 Å². The van der Waals surface area contributed by atoms with Crippen LogP contribution in [0.3, 0.4) is 0 Å². The molecule has 0 saturated heterocycles. The number of rotatable bonds is 6. The number of nitrogens with zero attached hydrogens (tertiary/aromatic N) is 4. The SMILES string of the molecule is C[C@@H](NC(=O)CC1CCCC1)C(=O)Nc1ccc(-n2cncn2)nc1. The lowest BCUT2D eigenvalue weighted by Crippen LogP contribution is -2.42. The Morgan fingerprint density at radius 1 is 1.32 bits per heavy atom. The van der Waals surface area contributed by atoms with Crippen LogP contribution in [0.2, 0.25) is 0 Å². The molecule has 25 heavy (non-hydrogen) atoms. The van der Waals surface area contributed by atoms with Gasteiger partial charge in [-0.15, -0.1) is 0 Å². The van der Waals surface area contributed by atoms with Gasteiger partial charge in [0.25, 0.3) is 0 Å². The Balaban J connectivity index is 1.49. The Hall–Kier alpha value is -2.77. The van der Waals surface area contributed by atoms with E-state index in [-0.39, 0.29) is 11.8 Å². The first-order valence-corrected chi connectivity index (χ1v) is 8.53.